The van der Waals surface area contributed by atoms with Crippen molar-refractivity contribution in [3.8, 4) is 0 Å². The maximum atomic E-state index is 12.9. The summed E-state index contributed by atoms with van der Waals surface area (Å²) in [5.41, 5.74) is 0. The van der Waals surface area contributed by atoms with Crippen LogP contribution >= 0.6 is 0 Å². The zero-order valence-electron chi connectivity index (χ0n) is 51.7. The van der Waals surface area contributed by atoms with Crippen LogP contribution in [-0.4, -0.2) is 37.2 Å². The number of unbranched alkanes of at least 4 members (excludes halogenated alkanes) is 15. The minimum Gasteiger partial charge on any atom is -0.462 e. The molecule has 0 heterocycles. The van der Waals surface area contributed by atoms with Gasteiger partial charge in [0.15, 0.2) is 6.10 Å². The van der Waals surface area contributed by atoms with Crippen LogP contribution in [0.2, 0.25) is 0 Å². The molecule has 0 amide bonds. The molecule has 0 bridgehead atoms. The summed E-state index contributed by atoms with van der Waals surface area (Å²) in [6.07, 6.45) is 100. The lowest BCUT2D eigenvalue weighted by Gasteiger charge is -2.18. The van der Waals surface area contributed by atoms with Gasteiger partial charge in [-0.05, 0) is 154 Å². The molecule has 0 N–H and O–H groups in total. The first-order valence-corrected chi connectivity index (χ1v) is 32.3. The van der Waals surface area contributed by atoms with Crippen LogP contribution < -0.4 is 0 Å². The standard InChI is InChI=1S/C75H116O6/c1-4-7-10-13-16-19-22-25-28-31-34-36-37-39-41-44-47-50-53-56-59-62-65-68-74(77)80-71-72(70-79-73(76)67-64-61-58-55-52-49-46-43-40-33-30-27-24-21-18-15-12-9-6-3)81-75(78)69-66-63-60-57-54-51-48-45-42-38-35-32-29-26-23-20-17-14-11-8-5-2/h7-12,16-21,25-30,34-36,38-41,43,45,47-48,50,72H,4-6,13-15,22-24,31-33,37,42,44,46,49,51-71H2,1-3H3/b10-7-,11-8-,12-9-,19-16-,20-17-,21-18-,28-25-,29-26-,30-27-,36-34-,38-35-,41-39-,43-40-,48-45-,50-47-. The second-order valence-corrected chi connectivity index (χ2v) is 20.5. The number of carbonyl (C=O) groups is 3. The lowest BCUT2D eigenvalue weighted by Crippen LogP contribution is -2.30. The molecule has 0 aliphatic carbocycles. The third-order valence-corrected chi connectivity index (χ3v) is 12.9. The molecule has 0 aromatic rings. The molecular formula is C75H116O6. The van der Waals surface area contributed by atoms with Gasteiger partial charge in [-0.1, -0.05) is 261 Å². The maximum absolute atomic E-state index is 12.9. The predicted octanol–water partition coefficient (Wildman–Crippen LogP) is 22.4. The molecule has 1 unspecified atom stereocenters. The molecule has 0 aliphatic rings. The average Bonchev–Trinajstić information content (AvgIpc) is 3.47. The van der Waals surface area contributed by atoms with Crippen molar-refractivity contribution in [2.75, 3.05) is 13.2 Å². The second-order valence-electron chi connectivity index (χ2n) is 20.5. The minimum atomic E-state index is -0.819. The summed E-state index contributed by atoms with van der Waals surface area (Å²) in [5.74, 6) is -0.975. The van der Waals surface area contributed by atoms with Crippen molar-refractivity contribution in [3.63, 3.8) is 0 Å². The molecule has 0 aromatic carbocycles. The van der Waals surface area contributed by atoms with E-state index in [1.165, 1.54) is 12.8 Å². The Kier molecular flexibility index (Phi) is 62.5. The highest BCUT2D eigenvalue weighted by Gasteiger charge is 2.19. The average molecular weight is 1110 g/mol. The summed E-state index contributed by atoms with van der Waals surface area (Å²) >= 11 is 0. The van der Waals surface area contributed by atoms with Gasteiger partial charge in [-0.15, -0.1) is 0 Å². The van der Waals surface area contributed by atoms with Crippen LogP contribution in [0.15, 0.2) is 182 Å². The van der Waals surface area contributed by atoms with E-state index < -0.39 is 6.10 Å². The highest BCUT2D eigenvalue weighted by Crippen LogP contribution is 2.13. The molecule has 0 radical (unpaired) electrons. The van der Waals surface area contributed by atoms with Crippen LogP contribution in [0.4, 0.5) is 0 Å². The molecule has 81 heavy (non-hydrogen) atoms. The van der Waals surface area contributed by atoms with E-state index in [9.17, 15) is 14.4 Å². The summed E-state index contributed by atoms with van der Waals surface area (Å²) in [6, 6.07) is 0. The van der Waals surface area contributed by atoms with Gasteiger partial charge >= 0.3 is 17.9 Å². The van der Waals surface area contributed by atoms with Crippen molar-refractivity contribution >= 4 is 17.9 Å². The maximum Gasteiger partial charge on any atom is 0.306 e. The van der Waals surface area contributed by atoms with Gasteiger partial charge in [0.1, 0.15) is 13.2 Å². The Labute approximate surface area is 497 Å². The van der Waals surface area contributed by atoms with Crippen molar-refractivity contribution in [1.29, 1.82) is 0 Å². The number of carbonyl (C=O) groups excluding carboxylic acids is 3. The molecule has 6 nitrogen and oxygen atoms in total. The smallest absolute Gasteiger partial charge is 0.306 e. The van der Waals surface area contributed by atoms with Crippen molar-refractivity contribution in [1.82, 2.24) is 0 Å². The van der Waals surface area contributed by atoms with Crippen LogP contribution in [0.25, 0.3) is 0 Å². The highest BCUT2D eigenvalue weighted by molar-refractivity contribution is 5.71. The fourth-order valence-electron chi connectivity index (χ4n) is 8.17. The van der Waals surface area contributed by atoms with Crippen LogP contribution in [0.1, 0.15) is 252 Å². The SMILES string of the molecule is CC/C=C\C/C=C\C/C=C\C/C=C\C/C=C\C/C=C\CCCCCCC(=O)OCC(COC(=O)CCCCCCCC/C=C\C/C=C\C/C=C\C/C=C\CC)OC(=O)CCCCCCC/C=C\C/C=C\C/C=C\C/C=C\C/C=C\CC. The number of hydrogen-bond acceptors (Lipinski definition) is 6. The van der Waals surface area contributed by atoms with E-state index in [-0.39, 0.29) is 37.5 Å². The zero-order valence-corrected chi connectivity index (χ0v) is 51.7. The number of ether oxygens (including phenoxy) is 3. The molecule has 1 atom stereocenters. The van der Waals surface area contributed by atoms with Gasteiger partial charge in [-0.3, -0.25) is 14.4 Å². The first-order valence-electron chi connectivity index (χ1n) is 32.3. The topological polar surface area (TPSA) is 78.9 Å². The third-order valence-electron chi connectivity index (χ3n) is 12.9. The normalized spacial score (nSPS) is 13.4. The van der Waals surface area contributed by atoms with Crippen molar-refractivity contribution in [2.24, 2.45) is 0 Å². The highest BCUT2D eigenvalue weighted by atomic mass is 16.6. The Balaban J connectivity index is 4.56. The molecule has 452 valence electrons. The fraction of sp³-hybridized carbons (Fsp3) is 0.560. The number of hydrogen-bond donors (Lipinski definition) is 0. The van der Waals surface area contributed by atoms with Gasteiger partial charge in [-0.2, -0.15) is 0 Å². The Morgan fingerprint density at radius 3 is 0.691 bits per heavy atom. The molecule has 0 saturated heterocycles. The van der Waals surface area contributed by atoms with Gasteiger partial charge in [0.25, 0.3) is 0 Å². The molecule has 0 aromatic heterocycles. The van der Waals surface area contributed by atoms with Crippen LogP contribution in [-0.2, 0) is 28.6 Å². The van der Waals surface area contributed by atoms with Crippen molar-refractivity contribution in [3.05, 3.63) is 182 Å². The summed E-state index contributed by atoms with van der Waals surface area (Å²) < 4.78 is 16.9. The van der Waals surface area contributed by atoms with Gasteiger partial charge in [0, 0.05) is 19.3 Å². The lowest BCUT2D eigenvalue weighted by molar-refractivity contribution is -0.167. The number of esters is 3. The summed E-state index contributed by atoms with van der Waals surface area (Å²) in [7, 11) is 0. The monoisotopic (exact) mass is 1110 g/mol. The van der Waals surface area contributed by atoms with Gasteiger partial charge in [0.05, 0.1) is 0 Å². The van der Waals surface area contributed by atoms with Crippen LogP contribution in [0.3, 0.4) is 0 Å². The summed E-state index contributed by atoms with van der Waals surface area (Å²) in [4.78, 5) is 38.4. The van der Waals surface area contributed by atoms with Crippen molar-refractivity contribution < 1.29 is 28.6 Å². The first-order chi connectivity index (χ1) is 40.0. The molecule has 0 spiro atoms. The summed E-state index contributed by atoms with van der Waals surface area (Å²) in [5, 5.41) is 0. The quantitative estimate of drug-likeness (QED) is 0.0261. The molecule has 0 aliphatic heterocycles. The van der Waals surface area contributed by atoms with E-state index in [1.54, 1.807) is 0 Å². The Bertz CT molecular complexity index is 1900. The second kappa shape index (κ2) is 67.0. The fourth-order valence-corrected chi connectivity index (χ4v) is 8.17. The van der Waals surface area contributed by atoms with E-state index in [2.05, 4.69) is 203 Å². The molecule has 6 heteroatoms. The molecule has 0 fully saturated rings. The predicted molar refractivity (Wildman–Crippen MR) is 352 cm³/mol. The largest absolute Gasteiger partial charge is 0.462 e. The zero-order chi connectivity index (χ0) is 58.5. The van der Waals surface area contributed by atoms with Crippen molar-refractivity contribution in [2.45, 2.75) is 258 Å². The molecule has 0 saturated carbocycles. The Morgan fingerprint density at radius 1 is 0.247 bits per heavy atom. The Morgan fingerprint density at radius 2 is 0.444 bits per heavy atom. The number of allylic oxidation sites excluding steroid dienone is 30. The Hall–Kier alpha value is -5.49. The number of rotatable bonds is 56. The molecular weight excluding hydrogens is 997 g/mol. The van der Waals surface area contributed by atoms with Crippen LogP contribution in [0, 0.1) is 0 Å². The van der Waals surface area contributed by atoms with Gasteiger partial charge < -0.3 is 14.2 Å². The molecule has 0 rings (SSSR count). The van der Waals surface area contributed by atoms with E-state index in [0.29, 0.717) is 12.8 Å². The van der Waals surface area contributed by atoms with Gasteiger partial charge in [-0.25, -0.2) is 0 Å². The van der Waals surface area contributed by atoms with E-state index >= 15 is 0 Å². The van der Waals surface area contributed by atoms with E-state index in [1.807, 2.05) is 0 Å². The third kappa shape index (κ3) is 65.2. The van der Waals surface area contributed by atoms with Crippen LogP contribution in [0.5, 0.6) is 0 Å². The minimum absolute atomic E-state index is 0.112. The lowest BCUT2D eigenvalue weighted by atomic mass is 10.1. The van der Waals surface area contributed by atoms with E-state index in [4.69, 9.17) is 14.2 Å². The van der Waals surface area contributed by atoms with Gasteiger partial charge in [0.2, 0.25) is 0 Å². The van der Waals surface area contributed by atoms with E-state index in [0.717, 1.165) is 199 Å². The first kappa shape index (κ1) is 75.5. The summed E-state index contributed by atoms with van der Waals surface area (Å²) in [6.45, 7) is 6.24.